The summed E-state index contributed by atoms with van der Waals surface area (Å²) in [5, 5.41) is 16.8. The summed E-state index contributed by atoms with van der Waals surface area (Å²) in [5.74, 6) is 1.33. The van der Waals surface area contributed by atoms with Crippen LogP contribution in [0.5, 0.6) is 5.75 Å². The maximum atomic E-state index is 9.14. The first-order valence-electron chi connectivity index (χ1n) is 5.94. The Morgan fingerprint density at radius 3 is 2.61 bits per heavy atom. The number of benzene rings is 1. The molecule has 5 nitrogen and oxygen atoms in total. The van der Waals surface area contributed by atoms with Crippen molar-refractivity contribution in [1.82, 2.24) is 15.0 Å². The second-order valence-corrected chi connectivity index (χ2v) is 4.49. The van der Waals surface area contributed by atoms with Crippen LogP contribution in [-0.2, 0) is 6.61 Å². The Kier molecular flexibility index (Phi) is 3.94. The van der Waals surface area contributed by atoms with Gasteiger partial charge >= 0.3 is 0 Å². The highest BCUT2D eigenvalue weighted by Crippen LogP contribution is 2.16. The van der Waals surface area contributed by atoms with E-state index in [0.29, 0.717) is 18.2 Å². The number of aromatic nitrogens is 3. The molecule has 0 aliphatic heterocycles. The molecule has 0 aliphatic rings. The van der Waals surface area contributed by atoms with Gasteiger partial charge in [-0.05, 0) is 30.2 Å². The summed E-state index contributed by atoms with van der Waals surface area (Å²) < 4.78 is 7.21. The summed E-state index contributed by atoms with van der Waals surface area (Å²) in [6.45, 7) is 4.83. The molecule has 1 aromatic heterocycles. The van der Waals surface area contributed by atoms with Crippen LogP contribution in [0.1, 0.15) is 19.5 Å². The van der Waals surface area contributed by atoms with E-state index in [4.69, 9.17) is 9.84 Å². The Balaban J connectivity index is 2.12. The average Bonchev–Trinajstić information content (AvgIpc) is 2.85. The second-order valence-electron chi connectivity index (χ2n) is 4.49. The molecular formula is C13H17N3O2. The summed E-state index contributed by atoms with van der Waals surface area (Å²) in [6.07, 6.45) is 1.54. The van der Waals surface area contributed by atoms with Crippen molar-refractivity contribution in [3.63, 3.8) is 0 Å². The van der Waals surface area contributed by atoms with Crippen molar-refractivity contribution in [2.75, 3.05) is 6.61 Å². The van der Waals surface area contributed by atoms with Gasteiger partial charge in [0.1, 0.15) is 5.75 Å². The number of aliphatic hydroxyl groups excluding tert-OH is 1. The predicted molar refractivity (Wildman–Crippen MR) is 67.6 cm³/mol. The van der Waals surface area contributed by atoms with Crippen molar-refractivity contribution in [2.24, 2.45) is 5.92 Å². The molecule has 0 amide bonds. The summed E-state index contributed by atoms with van der Waals surface area (Å²) in [6, 6.07) is 7.56. The van der Waals surface area contributed by atoms with Crippen LogP contribution >= 0.6 is 0 Å². The van der Waals surface area contributed by atoms with Gasteiger partial charge in [-0.15, -0.1) is 5.10 Å². The minimum atomic E-state index is -0.0847. The molecule has 1 aromatic carbocycles. The number of rotatable bonds is 5. The molecule has 5 heteroatoms. The fourth-order valence-corrected chi connectivity index (χ4v) is 1.53. The lowest BCUT2D eigenvalue weighted by Gasteiger charge is -2.09. The molecule has 0 radical (unpaired) electrons. The Morgan fingerprint density at radius 1 is 1.28 bits per heavy atom. The predicted octanol–water partition coefficient (Wildman–Crippen LogP) is 1.79. The topological polar surface area (TPSA) is 60.2 Å². The first kappa shape index (κ1) is 12.6. The number of aliphatic hydroxyl groups is 1. The van der Waals surface area contributed by atoms with Crippen molar-refractivity contribution in [1.29, 1.82) is 0 Å². The maximum Gasteiger partial charge on any atom is 0.119 e. The second kappa shape index (κ2) is 5.64. The molecule has 0 fully saturated rings. The third-order valence-electron chi connectivity index (χ3n) is 2.45. The largest absolute Gasteiger partial charge is 0.493 e. The van der Waals surface area contributed by atoms with Gasteiger partial charge in [-0.3, -0.25) is 0 Å². The lowest BCUT2D eigenvalue weighted by atomic mass is 10.2. The number of nitrogens with zero attached hydrogens (tertiary/aromatic N) is 3. The molecule has 0 atom stereocenters. The Bertz CT molecular complexity index is 491. The standard InChI is InChI=1S/C13H17N3O2/c1-10(2)9-18-13-5-3-11(4-6-13)16-12(8-17)7-14-15-16/h3-7,10,17H,8-9H2,1-2H3. The van der Waals surface area contributed by atoms with E-state index in [1.807, 2.05) is 24.3 Å². The van der Waals surface area contributed by atoms with Gasteiger partial charge in [0, 0.05) is 0 Å². The van der Waals surface area contributed by atoms with E-state index in [1.165, 1.54) is 0 Å². The molecule has 96 valence electrons. The van der Waals surface area contributed by atoms with Crippen LogP contribution in [0.4, 0.5) is 0 Å². The summed E-state index contributed by atoms with van der Waals surface area (Å²) in [7, 11) is 0. The average molecular weight is 247 g/mol. The van der Waals surface area contributed by atoms with Crippen molar-refractivity contribution >= 4 is 0 Å². The van der Waals surface area contributed by atoms with Gasteiger partial charge < -0.3 is 9.84 Å². The zero-order chi connectivity index (χ0) is 13.0. The molecule has 1 heterocycles. The zero-order valence-corrected chi connectivity index (χ0v) is 10.6. The van der Waals surface area contributed by atoms with E-state index in [9.17, 15) is 0 Å². The monoisotopic (exact) mass is 247 g/mol. The lowest BCUT2D eigenvalue weighted by Crippen LogP contribution is -2.05. The Hall–Kier alpha value is -1.88. The van der Waals surface area contributed by atoms with Gasteiger partial charge in [-0.1, -0.05) is 19.1 Å². The third kappa shape index (κ3) is 2.87. The molecule has 0 aliphatic carbocycles. The van der Waals surface area contributed by atoms with E-state index < -0.39 is 0 Å². The van der Waals surface area contributed by atoms with Crippen LogP contribution in [0.2, 0.25) is 0 Å². The third-order valence-corrected chi connectivity index (χ3v) is 2.45. The van der Waals surface area contributed by atoms with Crippen LogP contribution in [0.25, 0.3) is 5.69 Å². The van der Waals surface area contributed by atoms with Crippen molar-refractivity contribution in [3.8, 4) is 11.4 Å². The van der Waals surface area contributed by atoms with Crippen molar-refractivity contribution in [2.45, 2.75) is 20.5 Å². The zero-order valence-electron chi connectivity index (χ0n) is 10.6. The number of hydrogen-bond acceptors (Lipinski definition) is 4. The van der Waals surface area contributed by atoms with Crippen LogP contribution in [0.3, 0.4) is 0 Å². The first-order chi connectivity index (χ1) is 8.70. The van der Waals surface area contributed by atoms with E-state index in [1.54, 1.807) is 10.9 Å². The normalized spacial score (nSPS) is 10.9. The smallest absolute Gasteiger partial charge is 0.119 e. The SMILES string of the molecule is CC(C)COc1ccc(-n2nncc2CO)cc1. The van der Waals surface area contributed by atoms with Gasteiger partial charge in [0.2, 0.25) is 0 Å². The van der Waals surface area contributed by atoms with Gasteiger partial charge in [0.05, 0.1) is 30.8 Å². The molecular weight excluding hydrogens is 230 g/mol. The van der Waals surface area contributed by atoms with Crippen molar-refractivity contribution < 1.29 is 9.84 Å². The minimum Gasteiger partial charge on any atom is -0.493 e. The molecule has 1 N–H and O–H groups in total. The van der Waals surface area contributed by atoms with Crippen LogP contribution < -0.4 is 4.74 Å². The quantitative estimate of drug-likeness (QED) is 0.875. The van der Waals surface area contributed by atoms with Gasteiger partial charge in [0.25, 0.3) is 0 Å². The van der Waals surface area contributed by atoms with Gasteiger partial charge in [-0.25, -0.2) is 4.68 Å². The molecule has 2 aromatic rings. The Morgan fingerprint density at radius 2 is 2.00 bits per heavy atom. The van der Waals surface area contributed by atoms with Crippen LogP contribution in [0, 0.1) is 5.92 Å². The van der Waals surface area contributed by atoms with Crippen LogP contribution in [0.15, 0.2) is 30.5 Å². The highest BCUT2D eigenvalue weighted by atomic mass is 16.5. The van der Waals surface area contributed by atoms with E-state index in [-0.39, 0.29) is 6.61 Å². The summed E-state index contributed by atoms with van der Waals surface area (Å²) in [5.41, 5.74) is 1.51. The molecule has 0 bridgehead atoms. The van der Waals surface area contributed by atoms with E-state index in [0.717, 1.165) is 11.4 Å². The van der Waals surface area contributed by atoms with Crippen LogP contribution in [-0.4, -0.2) is 26.7 Å². The van der Waals surface area contributed by atoms with Gasteiger partial charge in [0.15, 0.2) is 0 Å². The number of hydrogen-bond donors (Lipinski definition) is 1. The summed E-state index contributed by atoms with van der Waals surface area (Å²) >= 11 is 0. The Labute approximate surface area is 106 Å². The summed E-state index contributed by atoms with van der Waals surface area (Å²) in [4.78, 5) is 0. The first-order valence-corrected chi connectivity index (χ1v) is 5.94. The maximum absolute atomic E-state index is 9.14. The lowest BCUT2D eigenvalue weighted by molar-refractivity contribution is 0.270. The molecule has 0 saturated heterocycles. The molecule has 0 spiro atoms. The highest BCUT2D eigenvalue weighted by Gasteiger charge is 2.05. The van der Waals surface area contributed by atoms with Gasteiger partial charge in [-0.2, -0.15) is 0 Å². The fraction of sp³-hybridized carbons (Fsp3) is 0.385. The highest BCUT2D eigenvalue weighted by molar-refractivity contribution is 5.37. The van der Waals surface area contributed by atoms with E-state index in [2.05, 4.69) is 24.2 Å². The minimum absolute atomic E-state index is 0.0847. The molecule has 0 unspecified atom stereocenters. The number of ether oxygens (including phenoxy) is 1. The van der Waals surface area contributed by atoms with Crippen molar-refractivity contribution in [3.05, 3.63) is 36.2 Å². The van der Waals surface area contributed by atoms with E-state index >= 15 is 0 Å². The molecule has 2 rings (SSSR count). The molecule has 0 saturated carbocycles. The fourth-order valence-electron chi connectivity index (χ4n) is 1.53. The molecule has 18 heavy (non-hydrogen) atoms.